The van der Waals surface area contributed by atoms with Gasteiger partial charge in [-0.1, -0.05) is 6.07 Å². The molecule has 0 unspecified atom stereocenters. The van der Waals surface area contributed by atoms with Crippen LogP contribution in [-0.4, -0.2) is 43.9 Å². The first kappa shape index (κ1) is 12.6. The van der Waals surface area contributed by atoms with E-state index in [2.05, 4.69) is 10.2 Å². The molecule has 0 amide bonds. The average molecular weight is 270 g/mol. The smallest absolute Gasteiger partial charge is 0.415 e. The minimum atomic E-state index is -3.13. The van der Waals surface area contributed by atoms with Crippen molar-refractivity contribution in [2.24, 2.45) is 0 Å². The molecule has 0 aliphatic carbocycles. The summed E-state index contributed by atoms with van der Waals surface area (Å²) in [4.78, 5) is 2.24. The zero-order valence-corrected chi connectivity index (χ0v) is 10.5. The van der Waals surface area contributed by atoms with Crippen molar-refractivity contribution in [2.45, 2.75) is 12.7 Å². The van der Waals surface area contributed by atoms with Gasteiger partial charge in [-0.05, 0) is 17.7 Å². The van der Waals surface area contributed by atoms with Crippen molar-refractivity contribution in [2.75, 3.05) is 38.2 Å². The molecule has 0 aromatic heterocycles. The summed E-state index contributed by atoms with van der Waals surface area (Å²) in [5.74, 6) is 0.224. The Kier molecular flexibility index (Phi) is 3.28. The lowest BCUT2D eigenvalue weighted by Crippen LogP contribution is -2.37. The Bertz CT molecular complexity index is 462. The van der Waals surface area contributed by atoms with Crippen molar-refractivity contribution in [3.63, 3.8) is 0 Å². The first-order valence-electron chi connectivity index (χ1n) is 6.36. The van der Waals surface area contributed by atoms with Crippen molar-refractivity contribution in [1.82, 2.24) is 4.90 Å². The fourth-order valence-corrected chi connectivity index (χ4v) is 2.31. The van der Waals surface area contributed by atoms with Gasteiger partial charge in [0.15, 0.2) is 0 Å². The third-order valence-electron chi connectivity index (χ3n) is 3.30. The maximum atomic E-state index is 13.2. The van der Waals surface area contributed by atoms with E-state index in [9.17, 15) is 8.78 Å². The van der Waals surface area contributed by atoms with Crippen LogP contribution in [-0.2, 0) is 11.3 Å². The molecule has 0 saturated carbocycles. The number of nitrogens with one attached hydrogen (secondary N) is 1. The maximum Gasteiger partial charge on any atom is 0.415 e. The molecule has 1 aromatic carbocycles. The van der Waals surface area contributed by atoms with E-state index in [-0.39, 0.29) is 5.75 Å². The molecule has 1 saturated heterocycles. The van der Waals surface area contributed by atoms with Gasteiger partial charge in [-0.15, -0.1) is 0 Å². The minimum Gasteiger partial charge on any atom is -0.429 e. The summed E-state index contributed by atoms with van der Waals surface area (Å²) in [6.07, 6.45) is -3.13. The fourth-order valence-electron chi connectivity index (χ4n) is 2.31. The van der Waals surface area contributed by atoms with Crippen molar-refractivity contribution >= 4 is 5.69 Å². The first-order chi connectivity index (χ1) is 9.12. The molecule has 2 aliphatic heterocycles. The van der Waals surface area contributed by atoms with E-state index in [1.165, 1.54) is 0 Å². The van der Waals surface area contributed by atoms with Crippen molar-refractivity contribution in [3.05, 3.63) is 23.8 Å². The number of alkyl halides is 2. The predicted octanol–water partition coefficient (Wildman–Crippen LogP) is 1.92. The second-order valence-corrected chi connectivity index (χ2v) is 4.81. The number of hydrogen-bond donors (Lipinski definition) is 1. The van der Waals surface area contributed by atoms with Gasteiger partial charge in [0.05, 0.1) is 18.9 Å². The van der Waals surface area contributed by atoms with E-state index in [0.29, 0.717) is 5.69 Å². The van der Waals surface area contributed by atoms with Gasteiger partial charge in [-0.25, -0.2) is 0 Å². The van der Waals surface area contributed by atoms with Crippen LogP contribution in [0.4, 0.5) is 14.5 Å². The number of rotatable bonds is 2. The number of halogens is 2. The Morgan fingerprint density at radius 2 is 2.05 bits per heavy atom. The predicted molar refractivity (Wildman–Crippen MR) is 66.6 cm³/mol. The Balaban J connectivity index is 1.73. The second kappa shape index (κ2) is 4.94. The highest BCUT2D eigenvalue weighted by molar-refractivity contribution is 5.59. The van der Waals surface area contributed by atoms with Crippen LogP contribution in [0.25, 0.3) is 0 Å². The monoisotopic (exact) mass is 270 g/mol. The molecule has 1 N–H and O–H groups in total. The number of anilines is 1. The number of fused-ring (bicyclic) bond motifs is 1. The van der Waals surface area contributed by atoms with Crippen LogP contribution in [0.15, 0.2) is 18.2 Å². The molecule has 19 heavy (non-hydrogen) atoms. The number of ether oxygens (including phenoxy) is 2. The van der Waals surface area contributed by atoms with Gasteiger partial charge in [0.2, 0.25) is 0 Å². The zero-order chi connectivity index (χ0) is 13.3. The van der Waals surface area contributed by atoms with E-state index in [1.807, 2.05) is 6.07 Å². The summed E-state index contributed by atoms with van der Waals surface area (Å²) in [5.41, 5.74) is 1.59. The molecule has 104 valence electrons. The lowest BCUT2D eigenvalue weighted by atomic mass is 10.1. The SMILES string of the molecule is FC1(F)CNc2ccc(CN3CCOCC3)cc2O1. The summed E-state index contributed by atoms with van der Waals surface area (Å²) < 4.78 is 36.3. The van der Waals surface area contributed by atoms with Gasteiger partial charge in [0.1, 0.15) is 12.3 Å². The van der Waals surface area contributed by atoms with Crippen LogP contribution >= 0.6 is 0 Å². The molecule has 6 heteroatoms. The molecule has 1 fully saturated rings. The Morgan fingerprint density at radius 3 is 2.84 bits per heavy atom. The highest BCUT2D eigenvalue weighted by atomic mass is 19.3. The third kappa shape index (κ3) is 2.96. The number of hydrogen-bond acceptors (Lipinski definition) is 4. The van der Waals surface area contributed by atoms with Crippen LogP contribution < -0.4 is 10.1 Å². The van der Waals surface area contributed by atoms with E-state index < -0.39 is 12.7 Å². The van der Waals surface area contributed by atoms with Crippen LogP contribution in [0.2, 0.25) is 0 Å². The standard InChI is InChI=1S/C13H16F2N2O2/c14-13(15)9-16-11-2-1-10(7-12(11)19-13)8-17-3-5-18-6-4-17/h1-2,7,16H,3-6,8-9H2. The topological polar surface area (TPSA) is 33.7 Å². The summed E-state index contributed by atoms with van der Waals surface area (Å²) in [5, 5.41) is 2.68. The molecule has 3 rings (SSSR count). The molecule has 0 radical (unpaired) electrons. The molecular weight excluding hydrogens is 254 g/mol. The van der Waals surface area contributed by atoms with Gasteiger partial charge in [0, 0.05) is 19.6 Å². The summed E-state index contributed by atoms with van der Waals surface area (Å²) >= 11 is 0. The zero-order valence-electron chi connectivity index (χ0n) is 10.5. The molecule has 2 heterocycles. The molecule has 4 nitrogen and oxygen atoms in total. The molecule has 0 atom stereocenters. The second-order valence-electron chi connectivity index (χ2n) is 4.81. The maximum absolute atomic E-state index is 13.2. The van der Waals surface area contributed by atoms with E-state index in [0.717, 1.165) is 38.4 Å². The van der Waals surface area contributed by atoms with Crippen LogP contribution in [0.3, 0.4) is 0 Å². The number of benzene rings is 1. The summed E-state index contributed by atoms with van der Waals surface area (Å²) in [7, 11) is 0. The lowest BCUT2D eigenvalue weighted by Gasteiger charge is -2.29. The van der Waals surface area contributed by atoms with E-state index >= 15 is 0 Å². The quantitative estimate of drug-likeness (QED) is 0.890. The first-order valence-corrected chi connectivity index (χ1v) is 6.36. The largest absolute Gasteiger partial charge is 0.429 e. The van der Waals surface area contributed by atoms with E-state index in [1.54, 1.807) is 12.1 Å². The van der Waals surface area contributed by atoms with Crippen molar-refractivity contribution in [3.8, 4) is 5.75 Å². The minimum absolute atomic E-state index is 0.224. The van der Waals surface area contributed by atoms with Gasteiger partial charge in [0.25, 0.3) is 0 Å². The summed E-state index contributed by atoms with van der Waals surface area (Å²) in [6, 6.07) is 5.42. The van der Waals surface area contributed by atoms with Crippen LogP contribution in [0.5, 0.6) is 5.75 Å². The summed E-state index contributed by atoms with van der Waals surface area (Å²) in [6.45, 7) is 3.43. The third-order valence-corrected chi connectivity index (χ3v) is 3.30. The van der Waals surface area contributed by atoms with Crippen molar-refractivity contribution in [1.29, 1.82) is 0 Å². The number of nitrogens with zero attached hydrogens (tertiary/aromatic N) is 1. The molecule has 0 spiro atoms. The van der Waals surface area contributed by atoms with Gasteiger partial charge >= 0.3 is 6.11 Å². The fraction of sp³-hybridized carbons (Fsp3) is 0.538. The Hall–Kier alpha value is -1.40. The molecule has 1 aromatic rings. The molecule has 0 bridgehead atoms. The average Bonchev–Trinajstić information content (AvgIpc) is 2.38. The Morgan fingerprint density at radius 1 is 1.26 bits per heavy atom. The van der Waals surface area contributed by atoms with Gasteiger partial charge < -0.3 is 14.8 Å². The normalized spacial score (nSPS) is 22.2. The van der Waals surface area contributed by atoms with Crippen LogP contribution in [0.1, 0.15) is 5.56 Å². The Labute approximate surface area is 110 Å². The lowest BCUT2D eigenvalue weighted by molar-refractivity contribution is -0.166. The number of morpholine rings is 1. The van der Waals surface area contributed by atoms with Crippen molar-refractivity contribution < 1.29 is 18.3 Å². The van der Waals surface area contributed by atoms with Gasteiger partial charge in [-0.3, -0.25) is 4.90 Å². The van der Waals surface area contributed by atoms with Crippen LogP contribution in [0, 0.1) is 0 Å². The molecule has 2 aliphatic rings. The highest BCUT2D eigenvalue weighted by Gasteiger charge is 2.36. The highest BCUT2D eigenvalue weighted by Crippen LogP contribution is 2.35. The van der Waals surface area contributed by atoms with E-state index in [4.69, 9.17) is 9.47 Å². The van der Waals surface area contributed by atoms with Gasteiger partial charge in [-0.2, -0.15) is 8.78 Å². The molecular formula is C13H16F2N2O2.